The molecule has 248 valence electrons. The second-order valence-corrected chi connectivity index (χ2v) is 12.9. The van der Waals surface area contributed by atoms with E-state index in [1.54, 1.807) is 0 Å². The average molecular weight is 660 g/mol. The van der Waals surface area contributed by atoms with Crippen molar-refractivity contribution in [2.24, 2.45) is 17.2 Å². The van der Waals surface area contributed by atoms with E-state index in [1.165, 1.54) is 5.56 Å². The molecular weight excluding hydrogens is 619 g/mol. The molecule has 0 aliphatic heterocycles. The van der Waals surface area contributed by atoms with Crippen LogP contribution in [-0.2, 0) is 12.1 Å². The number of hydrogen-bond donors (Lipinski definition) is 3. The van der Waals surface area contributed by atoms with Crippen LogP contribution in [-0.4, -0.2) is 0 Å². The standard InChI is InChI=1S/C48H41N3/c49-47(39-14-6-2-7-15-39)34-44(23-22-35-12-4-1-5-13-35)43-19-11-18-42(33-43)41-17-10-16-40(32-41)38-26-24-36(25-27-38)37-28-30-46(31-29-37)48(50,51)45-20-8-3-9-21-45/h1-21,23-34H,22,49-51H2/b44-23+,47-34-. The highest BCUT2D eigenvalue weighted by atomic mass is 15.0. The van der Waals surface area contributed by atoms with Gasteiger partial charge in [0, 0.05) is 5.70 Å². The lowest BCUT2D eigenvalue weighted by Gasteiger charge is -2.26. The van der Waals surface area contributed by atoms with Crippen molar-refractivity contribution in [3.63, 3.8) is 0 Å². The van der Waals surface area contributed by atoms with Crippen LogP contribution in [0.3, 0.4) is 0 Å². The monoisotopic (exact) mass is 659 g/mol. The second kappa shape index (κ2) is 15.1. The molecular formula is C48H41N3. The summed E-state index contributed by atoms with van der Waals surface area (Å²) in [7, 11) is 0. The van der Waals surface area contributed by atoms with Gasteiger partial charge in [0.2, 0.25) is 0 Å². The smallest absolute Gasteiger partial charge is 0.116 e. The third kappa shape index (κ3) is 7.82. The van der Waals surface area contributed by atoms with E-state index < -0.39 is 5.66 Å². The summed E-state index contributed by atoms with van der Waals surface area (Å²) in [5.41, 5.74) is 32.5. The lowest BCUT2D eigenvalue weighted by molar-refractivity contribution is 0.568. The summed E-state index contributed by atoms with van der Waals surface area (Å²) in [5.74, 6) is 0. The Morgan fingerprint density at radius 1 is 0.431 bits per heavy atom. The van der Waals surface area contributed by atoms with Crippen molar-refractivity contribution in [2.75, 3.05) is 0 Å². The van der Waals surface area contributed by atoms with E-state index in [-0.39, 0.29) is 0 Å². The number of rotatable bonds is 10. The molecule has 0 saturated heterocycles. The molecule has 0 atom stereocenters. The SMILES string of the molecule is N/C(=C\C(=C/Cc1ccccc1)c1cccc(-c2cccc(-c3ccc(-c4ccc(C(N)(N)c5ccccc5)cc4)cc3)c2)c1)c1ccccc1. The number of benzene rings is 7. The molecule has 0 amide bonds. The number of allylic oxidation sites excluding steroid dienone is 3. The lowest BCUT2D eigenvalue weighted by atomic mass is 9.91. The Morgan fingerprint density at radius 2 is 0.882 bits per heavy atom. The largest absolute Gasteiger partial charge is 0.398 e. The molecule has 7 rings (SSSR count). The maximum Gasteiger partial charge on any atom is 0.116 e. The summed E-state index contributed by atoms with van der Waals surface area (Å²) in [4.78, 5) is 0. The molecule has 0 fully saturated rings. The highest BCUT2D eigenvalue weighted by Gasteiger charge is 2.24. The minimum absolute atomic E-state index is 0.737. The van der Waals surface area contributed by atoms with Crippen molar-refractivity contribution < 1.29 is 0 Å². The molecule has 3 heteroatoms. The zero-order valence-electron chi connectivity index (χ0n) is 28.5. The van der Waals surface area contributed by atoms with Gasteiger partial charge in [-0.05, 0) is 91.4 Å². The van der Waals surface area contributed by atoms with Crippen molar-refractivity contribution in [3.05, 3.63) is 228 Å². The van der Waals surface area contributed by atoms with Crippen LogP contribution in [0.4, 0.5) is 0 Å². The minimum Gasteiger partial charge on any atom is -0.398 e. The van der Waals surface area contributed by atoms with E-state index in [1.807, 2.05) is 78.9 Å². The zero-order chi connectivity index (χ0) is 35.0. The van der Waals surface area contributed by atoms with E-state index in [0.717, 1.165) is 73.3 Å². The van der Waals surface area contributed by atoms with Crippen LogP contribution in [0.15, 0.2) is 200 Å². The van der Waals surface area contributed by atoms with E-state index >= 15 is 0 Å². The van der Waals surface area contributed by atoms with Crippen LogP contribution < -0.4 is 17.2 Å². The predicted octanol–water partition coefficient (Wildman–Crippen LogP) is 10.4. The van der Waals surface area contributed by atoms with Gasteiger partial charge in [0.1, 0.15) is 5.66 Å². The molecule has 3 nitrogen and oxygen atoms in total. The van der Waals surface area contributed by atoms with Crippen LogP contribution in [0.2, 0.25) is 0 Å². The first-order chi connectivity index (χ1) is 24.9. The summed E-state index contributed by atoms with van der Waals surface area (Å²) in [5, 5.41) is 0. The van der Waals surface area contributed by atoms with Crippen molar-refractivity contribution in [1.29, 1.82) is 0 Å². The summed E-state index contributed by atoms with van der Waals surface area (Å²) in [6.45, 7) is 0. The zero-order valence-corrected chi connectivity index (χ0v) is 28.5. The quantitative estimate of drug-likeness (QED) is 0.101. The molecule has 0 spiro atoms. The van der Waals surface area contributed by atoms with Gasteiger partial charge >= 0.3 is 0 Å². The summed E-state index contributed by atoms with van der Waals surface area (Å²) in [6.07, 6.45) is 5.17. The second-order valence-electron chi connectivity index (χ2n) is 12.9. The Morgan fingerprint density at radius 3 is 1.51 bits per heavy atom. The van der Waals surface area contributed by atoms with E-state index in [2.05, 4.69) is 121 Å². The van der Waals surface area contributed by atoms with Crippen molar-refractivity contribution in [2.45, 2.75) is 12.1 Å². The van der Waals surface area contributed by atoms with Gasteiger partial charge in [0.15, 0.2) is 0 Å². The Hall–Kier alpha value is -6.26. The Labute approximate surface area is 301 Å². The van der Waals surface area contributed by atoms with Gasteiger partial charge < -0.3 is 17.2 Å². The van der Waals surface area contributed by atoms with Crippen LogP contribution >= 0.6 is 0 Å². The fraction of sp³-hybridized carbons (Fsp3) is 0.0417. The van der Waals surface area contributed by atoms with E-state index in [4.69, 9.17) is 17.2 Å². The van der Waals surface area contributed by atoms with Crippen molar-refractivity contribution in [3.8, 4) is 33.4 Å². The van der Waals surface area contributed by atoms with Gasteiger partial charge in [-0.25, -0.2) is 0 Å². The molecule has 0 aliphatic rings. The fourth-order valence-electron chi connectivity index (χ4n) is 6.41. The Kier molecular flexibility index (Phi) is 9.84. The minimum atomic E-state index is -1.06. The number of nitrogens with two attached hydrogens (primary N) is 3. The highest BCUT2D eigenvalue weighted by molar-refractivity contribution is 5.85. The fourth-order valence-corrected chi connectivity index (χ4v) is 6.41. The van der Waals surface area contributed by atoms with E-state index in [0.29, 0.717) is 0 Å². The molecule has 7 aromatic carbocycles. The van der Waals surface area contributed by atoms with Gasteiger partial charge in [-0.15, -0.1) is 0 Å². The maximum atomic E-state index is 6.64. The molecule has 0 aromatic heterocycles. The third-order valence-electron chi connectivity index (χ3n) is 9.38. The normalized spacial score (nSPS) is 12.1. The molecule has 0 aliphatic carbocycles. The number of hydrogen-bond acceptors (Lipinski definition) is 3. The molecule has 0 unspecified atom stereocenters. The predicted molar refractivity (Wildman–Crippen MR) is 215 cm³/mol. The van der Waals surface area contributed by atoms with Gasteiger partial charge in [-0.1, -0.05) is 182 Å². The first-order valence-corrected chi connectivity index (χ1v) is 17.3. The average Bonchev–Trinajstić information content (AvgIpc) is 3.20. The summed E-state index contributed by atoms with van der Waals surface area (Å²) >= 11 is 0. The van der Waals surface area contributed by atoms with Crippen molar-refractivity contribution >= 4 is 11.3 Å². The molecule has 0 bridgehead atoms. The molecule has 0 saturated carbocycles. The van der Waals surface area contributed by atoms with Crippen LogP contribution in [0, 0.1) is 0 Å². The van der Waals surface area contributed by atoms with E-state index in [9.17, 15) is 0 Å². The molecule has 6 N–H and O–H groups in total. The van der Waals surface area contributed by atoms with Crippen molar-refractivity contribution in [1.82, 2.24) is 0 Å². The first kappa shape index (κ1) is 33.2. The van der Waals surface area contributed by atoms with Gasteiger partial charge in [0.25, 0.3) is 0 Å². The van der Waals surface area contributed by atoms with Gasteiger partial charge in [-0.2, -0.15) is 0 Å². The highest BCUT2D eigenvalue weighted by Crippen LogP contribution is 2.32. The molecule has 51 heavy (non-hydrogen) atoms. The van der Waals surface area contributed by atoms with Crippen LogP contribution in [0.1, 0.15) is 27.8 Å². The topological polar surface area (TPSA) is 78.1 Å². The summed E-state index contributed by atoms with van der Waals surface area (Å²) in [6, 6.07) is 64.8. The first-order valence-electron chi connectivity index (χ1n) is 17.3. The lowest BCUT2D eigenvalue weighted by Crippen LogP contribution is -2.47. The Bertz CT molecular complexity index is 2270. The Balaban J connectivity index is 1.13. The van der Waals surface area contributed by atoms with Gasteiger partial charge in [-0.3, -0.25) is 0 Å². The van der Waals surface area contributed by atoms with Gasteiger partial charge in [0.05, 0.1) is 0 Å². The van der Waals surface area contributed by atoms with Crippen LogP contribution in [0.25, 0.3) is 44.7 Å². The molecule has 0 heterocycles. The van der Waals surface area contributed by atoms with Crippen LogP contribution in [0.5, 0.6) is 0 Å². The third-order valence-corrected chi connectivity index (χ3v) is 9.38. The summed E-state index contributed by atoms with van der Waals surface area (Å²) < 4.78 is 0. The molecule has 0 radical (unpaired) electrons. The molecule has 7 aromatic rings. The maximum absolute atomic E-state index is 6.64.